The molecule has 2 aliphatic heterocycles. The maximum atomic E-state index is 13.7. The molecule has 7 rings (SSSR count). The minimum Gasteiger partial charge on any atom is -0.459 e. The number of hydrogen-bond donors (Lipinski definition) is 0. The molecular weight excluding hydrogens is 444 g/mol. The number of furan rings is 1. The molecule has 0 aromatic carbocycles. The number of carbonyl (C=O) groups excluding carboxylic acids is 3. The van der Waals surface area contributed by atoms with Crippen LogP contribution in [0.15, 0.2) is 22.8 Å². The smallest absolute Gasteiger partial charge is 0.289 e. The van der Waals surface area contributed by atoms with Gasteiger partial charge in [0.25, 0.3) is 5.91 Å². The molecule has 1 atom stereocenters. The van der Waals surface area contributed by atoms with E-state index in [9.17, 15) is 14.4 Å². The van der Waals surface area contributed by atoms with E-state index in [0.717, 1.165) is 63.2 Å². The summed E-state index contributed by atoms with van der Waals surface area (Å²) >= 11 is 0. The molecule has 3 amide bonds. The second-order valence-electron chi connectivity index (χ2n) is 11.8. The molecule has 4 aliphatic carbocycles. The summed E-state index contributed by atoms with van der Waals surface area (Å²) in [5.41, 5.74) is -0.0783. The van der Waals surface area contributed by atoms with Crippen molar-refractivity contribution in [1.82, 2.24) is 19.6 Å². The van der Waals surface area contributed by atoms with Crippen molar-refractivity contribution in [3.63, 3.8) is 0 Å². The number of nitrogens with zero attached hydrogens (tertiary/aromatic N) is 4. The van der Waals surface area contributed by atoms with Gasteiger partial charge in [-0.15, -0.1) is 0 Å². The third-order valence-corrected chi connectivity index (χ3v) is 9.61. The third-order valence-electron chi connectivity index (χ3n) is 9.61. The number of rotatable bonds is 4. The van der Waals surface area contributed by atoms with Gasteiger partial charge in [-0.05, 0) is 75.3 Å². The van der Waals surface area contributed by atoms with E-state index in [1.54, 1.807) is 17.0 Å². The molecule has 35 heavy (non-hydrogen) atoms. The molecule has 3 heterocycles. The van der Waals surface area contributed by atoms with Crippen LogP contribution in [0.3, 0.4) is 0 Å². The van der Waals surface area contributed by atoms with Gasteiger partial charge in [-0.25, -0.2) is 0 Å². The van der Waals surface area contributed by atoms with Crippen LogP contribution in [-0.4, -0.2) is 95.7 Å². The zero-order chi connectivity index (χ0) is 24.2. The van der Waals surface area contributed by atoms with Crippen molar-refractivity contribution in [3.8, 4) is 0 Å². The molecule has 8 heteroatoms. The van der Waals surface area contributed by atoms with Crippen molar-refractivity contribution in [1.29, 1.82) is 0 Å². The van der Waals surface area contributed by atoms with Crippen molar-refractivity contribution >= 4 is 17.7 Å². The van der Waals surface area contributed by atoms with Crippen LogP contribution < -0.4 is 0 Å². The van der Waals surface area contributed by atoms with Gasteiger partial charge in [0.05, 0.1) is 17.7 Å². The highest BCUT2D eigenvalue weighted by atomic mass is 16.3. The Morgan fingerprint density at radius 2 is 1.37 bits per heavy atom. The highest BCUT2D eigenvalue weighted by molar-refractivity contribution is 5.91. The van der Waals surface area contributed by atoms with Gasteiger partial charge in [-0.1, -0.05) is 0 Å². The monoisotopic (exact) mass is 482 g/mol. The highest BCUT2D eigenvalue weighted by Crippen LogP contribution is 2.60. The maximum Gasteiger partial charge on any atom is 0.289 e. The van der Waals surface area contributed by atoms with E-state index in [1.807, 2.05) is 11.8 Å². The highest BCUT2D eigenvalue weighted by Gasteiger charge is 2.55. The molecule has 4 saturated carbocycles. The lowest BCUT2D eigenvalue weighted by molar-refractivity contribution is -0.160. The van der Waals surface area contributed by atoms with Crippen LogP contribution in [0.2, 0.25) is 0 Å². The molecule has 6 aliphatic rings. The summed E-state index contributed by atoms with van der Waals surface area (Å²) in [4.78, 5) is 47.4. The average molecular weight is 483 g/mol. The summed E-state index contributed by atoms with van der Waals surface area (Å²) in [6, 6.07) is 3.18. The minimum absolute atomic E-state index is 0.0783. The number of carbonyl (C=O) groups is 3. The zero-order valence-corrected chi connectivity index (χ0v) is 20.9. The molecule has 190 valence electrons. The zero-order valence-electron chi connectivity index (χ0n) is 20.9. The van der Waals surface area contributed by atoms with E-state index >= 15 is 0 Å². The lowest BCUT2D eigenvalue weighted by Gasteiger charge is -2.57. The molecule has 8 nitrogen and oxygen atoms in total. The average Bonchev–Trinajstić information content (AvgIpc) is 3.41. The second kappa shape index (κ2) is 8.95. The second-order valence-corrected chi connectivity index (χ2v) is 11.8. The Bertz CT molecular complexity index is 925. The fourth-order valence-corrected chi connectivity index (χ4v) is 8.13. The summed E-state index contributed by atoms with van der Waals surface area (Å²) in [5.74, 6) is 3.09. The molecule has 0 spiro atoms. The van der Waals surface area contributed by atoms with Crippen LogP contribution >= 0.6 is 0 Å². The number of piperazine rings is 2. The Labute approximate surface area is 207 Å². The van der Waals surface area contributed by atoms with Gasteiger partial charge in [-0.3, -0.25) is 19.3 Å². The van der Waals surface area contributed by atoms with Gasteiger partial charge >= 0.3 is 0 Å². The third kappa shape index (κ3) is 4.17. The van der Waals surface area contributed by atoms with E-state index in [4.69, 9.17) is 4.42 Å². The van der Waals surface area contributed by atoms with Gasteiger partial charge in [0.15, 0.2) is 5.76 Å². The van der Waals surface area contributed by atoms with Crippen LogP contribution in [0.1, 0.15) is 56.0 Å². The summed E-state index contributed by atoms with van der Waals surface area (Å²) in [6.45, 7) is 7.06. The fraction of sp³-hybridized carbons (Fsp3) is 0.741. The van der Waals surface area contributed by atoms with E-state index in [1.165, 1.54) is 25.5 Å². The standard InChI is InChI=1S/C27H38N4O4/c1-19(24(32)29-6-8-30(9-7-29)25(33)23-3-2-12-35-23)28-4-10-31(11-5-28)26(34)27-16-20-13-21(17-27)15-22(14-20)18-27/h2-3,12,19-22H,4-11,13-18H2,1H3. The van der Waals surface area contributed by atoms with Crippen molar-refractivity contribution in [2.24, 2.45) is 23.2 Å². The lowest BCUT2D eigenvalue weighted by Crippen LogP contribution is -2.61. The van der Waals surface area contributed by atoms with Crippen LogP contribution in [-0.2, 0) is 9.59 Å². The molecular formula is C27H38N4O4. The Morgan fingerprint density at radius 3 is 1.91 bits per heavy atom. The van der Waals surface area contributed by atoms with E-state index in [-0.39, 0.29) is 23.3 Å². The summed E-state index contributed by atoms with van der Waals surface area (Å²) in [5, 5.41) is 0. The summed E-state index contributed by atoms with van der Waals surface area (Å²) in [7, 11) is 0. The molecule has 2 saturated heterocycles. The summed E-state index contributed by atoms with van der Waals surface area (Å²) < 4.78 is 5.23. The molecule has 1 aromatic rings. The molecule has 1 unspecified atom stereocenters. The molecule has 1 aromatic heterocycles. The van der Waals surface area contributed by atoms with Gasteiger partial charge in [0, 0.05) is 52.4 Å². The first-order chi connectivity index (χ1) is 16.9. The maximum absolute atomic E-state index is 13.7. The topological polar surface area (TPSA) is 77.3 Å². The Kier molecular flexibility index (Phi) is 5.90. The molecule has 0 radical (unpaired) electrons. The van der Waals surface area contributed by atoms with Gasteiger partial charge in [0.2, 0.25) is 11.8 Å². The molecule has 6 fully saturated rings. The molecule has 0 N–H and O–H groups in total. The van der Waals surface area contributed by atoms with E-state index in [0.29, 0.717) is 37.8 Å². The van der Waals surface area contributed by atoms with Crippen molar-refractivity contribution in [3.05, 3.63) is 24.2 Å². The van der Waals surface area contributed by atoms with Gasteiger partial charge < -0.3 is 19.1 Å². The first-order valence-corrected chi connectivity index (χ1v) is 13.6. The van der Waals surface area contributed by atoms with Crippen LogP contribution in [0.5, 0.6) is 0 Å². The predicted molar refractivity (Wildman–Crippen MR) is 129 cm³/mol. The van der Waals surface area contributed by atoms with E-state index in [2.05, 4.69) is 9.80 Å². The van der Waals surface area contributed by atoms with Crippen LogP contribution in [0.4, 0.5) is 0 Å². The SMILES string of the molecule is CC(C(=O)N1CCN(C(=O)c2ccco2)CC1)N1CCN(C(=O)C23CC4CC(CC(C4)C2)C3)CC1. The van der Waals surface area contributed by atoms with Gasteiger partial charge in [0.1, 0.15) is 0 Å². The first kappa shape index (κ1) is 23.1. The van der Waals surface area contributed by atoms with Crippen LogP contribution in [0, 0.1) is 23.2 Å². The largest absolute Gasteiger partial charge is 0.459 e. The Morgan fingerprint density at radius 1 is 0.829 bits per heavy atom. The van der Waals surface area contributed by atoms with Crippen LogP contribution in [0.25, 0.3) is 0 Å². The lowest BCUT2D eigenvalue weighted by atomic mass is 9.49. The van der Waals surface area contributed by atoms with Gasteiger partial charge in [-0.2, -0.15) is 0 Å². The Hall–Kier alpha value is -2.35. The number of amides is 3. The number of hydrogen-bond acceptors (Lipinski definition) is 5. The fourth-order valence-electron chi connectivity index (χ4n) is 8.13. The van der Waals surface area contributed by atoms with Crippen molar-refractivity contribution in [2.75, 3.05) is 52.4 Å². The van der Waals surface area contributed by atoms with Crippen molar-refractivity contribution < 1.29 is 18.8 Å². The quantitative estimate of drug-likeness (QED) is 0.658. The Balaban J connectivity index is 0.998. The minimum atomic E-state index is -0.209. The molecule has 4 bridgehead atoms. The normalized spacial score (nSPS) is 33.7. The van der Waals surface area contributed by atoms with Crippen molar-refractivity contribution in [2.45, 2.75) is 51.5 Å². The first-order valence-electron chi connectivity index (χ1n) is 13.6. The van der Waals surface area contributed by atoms with E-state index < -0.39 is 0 Å². The summed E-state index contributed by atoms with van der Waals surface area (Å²) in [6.07, 6.45) is 8.90. The predicted octanol–water partition coefficient (Wildman–Crippen LogP) is 2.31.